The van der Waals surface area contributed by atoms with Gasteiger partial charge in [-0.15, -0.1) is 11.5 Å². The predicted octanol–water partition coefficient (Wildman–Crippen LogP) is 2.75. The normalized spacial score (nSPS) is 12.2. The van der Waals surface area contributed by atoms with Crippen LogP contribution in [0.4, 0.5) is 0 Å². The van der Waals surface area contributed by atoms with Gasteiger partial charge in [0, 0.05) is 25.5 Å². The Balaban J connectivity index is 1.64. The fourth-order valence-electron chi connectivity index (χ4n) is 1.84. The minimum atomic E-state index is -3.44. The second-order valence-electron chi connectivity index (χ2n) is 5.19. The highest BCUT2D eigenvalue weighted by Crippen LogP contribution is 2.22. The Labute approximate surface area is 167 Å². The van der Waals surface area contributed by atoms with Gasteiger partial charge in [0.15, 0.2) is 0 Å². The van der Waals surface area contributed by atoms with Gasteiger partial charge in [-0.05, 0) is 29.3 Å². The number of pyridine rings is 1. The second kappa shape index (κ2) is 11.0. The van der Waals surface area contributed by atoms with Gasteiger partial charge in [0.2, 0.25) is 10.0 Å². The van der Waals surface area contributed by atoms with Crippen molar-refractivity contribution in [2.45, 2.75) is 13.1 Å². The minimum absolute atomic E-state index is 0.0677. The van der Waals surface area contributed by atoms with Crippen LogP contribution in [0, 0.1) is 0 Å². The summed E-state index contributed by atoms with van der Waals surface area (Å²) in [5.41, 5.74) is 3.31. The molecule has 0 saturated heterocycles. The number of sulfonamides is 1. The van der Waals surface area contributed by atoms with Gasteiger partial charge in [-0.1, -0.05) is 35.3 Å². The van der Waals surface area contributed by atoms with Crippen molar-refractivity contribution in [3.8, 4) is 0 Å². The summed E-state index contributed by atoms with van der Waals surface area (Å²) in [5, 5.41) is 0.817. The van der Waals surface area contributed by atoms with Gasteiger partial charge >= 0.3 is 0 Å². The molecule has 0 atom stereocenters. The van der Waals surface area contributed by atoms with Gasteiger partial charge < -0.3 is 4.74 Å². The first-order chi connectivity index (χ1) is 12.5. The molecular formula is C16H19Cl2N3O3S2. The molecule has 0 fully saturated rings. The first-order valence-electron chi connectivity index (χ1n) is 7.62. The molecule has 2 N–H and O–H groups in total. The van der Waals surface area contributed by atoms with Gasteiger partial charge in [0.05, 0.1) is 28.0 Å². The largest absolute Gasteiger partial charge is 0.346 e. The molecule has 1 aromatic carbocycles. The summed E-state index contributed by atoms with van der Waals surface area (Å²) in [6.07, 6.45) is 3.49. The number of ether oxygens (including phenoxy) is 1. The summed E-state index contributed by atoms with van der Waals surface area (Å²) in [4.78, 5) is 4.02. The Hall–Kier alpha value is -1.000. The van der Waals surface area contributed by atoms with Crippen LogP contribution in [0.3, 0.4) is 0 Å². The fourth-order valence-corrected chi connectivity index (χ4v) is 3.54. The molecule has 142 valence electrons. The summed E-state index contributed by atoms with van der Waals surface area (Å²) in [6.45, 7) is 0.866. The molecular weight excluding hydrogens is 417 g/mol. The van der Waals surface area contributed by atoms with E-state index in [0.29, 0.717) is 16.6 Å². The van der Waals surface area contributed by atoms with E-state index in [4.69, 9.17) is 27.9 Å². The van der Waals surface area contributed by atoms with E-state index < -0.39 is 10.0 Å². The van der Waals surface area contributed by atoms with E-state index in [9.17, 15) is 8.42 Å². The van der Waals surface area contributed by atoms with Crippen LogP contribution in [0.25, 0.3) is 0 Å². The lowest BCUT2D eigenvalue weighted by atomic mass is 10.2. The van der Waals surface area contributed by atoms with Crippen molar-refractivity contribution in [2.24, 2.45) is 0 Å². The quantitative estimate of drug-likeness (QED) is 0.303. The van der Waals surface area contributed by atoms with E-state index in [1.54, 1.807) is 30.6 Å². The Morgan fingerprint density at radius 2 is 2.00 bits per heavy atom. The third-order valence-electron chi connectivity index (χ3n) is 3.17. The van der Waals surface area contributed by atoms with Crippen LogP contribution < -0.4 is 9.44 Å². The zero-order valence-electron chi connectivity index (χ0n) is 13.7. The molecule has 0 saturated carbocycles. The zero-order chi connectivity index (χ0) is 18.8. The average Bonchev–Trinajstić information content (AvgIpc) is 2.63. The van der Waals surface area contributed by atoms with Gasteiger partial charge in [-0.3, -0.25) is 9.71 Å². The maximum Gasteiger partial charge on any atom is 0.214 e. The number of benzene rings is 1. The van der Waals surface area contributed by atoms with Crippen LogP contribution in [-0.2, 0) is 27.8 Å². The van der Waals surface area contributed by atoms with Crippen molar-refractivity contribution in [2.75, 3.05) is 12.4 Å². The molecule has 1 aromatic heterocycles. The Bertz CT molecular complexity index is 834. The molecule has 26 heavy (non-hydrogen) atoms. The van der Waals surface area contributed by atoms with Crippen molar-refractivity contribution in [3.63, 3.8) is 0 Å². The van der Waals surface area contributed by atoms with Crippen molar-refractivity contribution >= 4 is 50.3 Å². The molecule has 0 aliphatic heterocycles. The first kappa shape index (κ1) is 21.3. The van der Waals surface area contributed by atoms with Gasteiger partial charge in [-0.2, -0.15) is 0 Å². The number of aromatic nitrogens is 1. The molecule has 0 unspecified atom stereocenters. The smallest absolute Gasteiger partial charge is 0.214 e. The van der Waals surface area contributed by atoms with Crippen molar-refractivity contribution in [1.29, 1.82) is 0 Å². The molecule has 2 rings (SSSR count). The summed E-state index contributed by atoms with van der Waals surface area (Å²) >= 11 is 12.5. The van der Waals surface area contributed by atoms with E-state index in [-0.39, 0.29) is 18.9 Å². The molecule has 0 radical (unpaired) electrons. The second-order valence-corrected chi connectivity index (χ2v) is 8.72. The molecule has 0 bridgehead atoms. The maximum atomic E-state index is 11.9. The summed E-state index contributed by atoms with van der Waals surface area (Å²) in [6, 6.07) is 8.80. The highest BCUT2D eigenvalue weighted by Gasteiger charge is 2.10. The molecule has 0 spiro atoms. The van der Waals surface area contributed by atoms with Gasteiger partial charge in [-0.25, -0.2) is 13.1 Å². The molecule has 10 heteroatoms. The van der Waals surface area contributed by atoms with Crippen LogP contribution in [0.15, 0.2) is 42.7 Å². The summed E-state index contributed by atoms with van der Waals surface area (Å²) in [5.74, 6) is -0.136. The van der Waals surface area contributed by atoms with Crippen LogP contribution in [-0.4, -0.2) is 31.3 Å². The average molecular weight is 436 g/mol. The Kier molecular flexibility index (Phi) is 9.00. The van der Waals surface area contributed by atoms with Gasteiger partial charge in [0.1, 0.15) is 0 Å². The number of thiol groups is 1. The number of rotatable bonds is 10. The lowest BCUT2D eigenvalue weighted by Crippen LogP contribution is -2.28. The monoisotopic (exact) mass is 435 g/mol. The number of hydrogen-bond acceptors (Lipinski definition) is 5. The van der Waals surface area contributed by atoms with E-state index in [0.717, 1.165) is 22.7 Å². The summed E-state index contributed by atoms with van der Waals surface area (Å²) in [7, 11) is -3.44. The third-order valence-corrected chi connectivity index (χ3v) is 5.80. The highest BCUT2D eigenvalue weighted by molar-refractivity contribution is 7.95. The SMILES string of the molecule is O=S(=O)(CCOC=[SH]NCc1cccnc1)NCc1ccc(Cl)c(Cl)c1. The van der Waals surface area contributed by atoms with Gasteiger partial charge in [0.25, 0.3) is 0 Å². The van der Waals surface area contributed by atoms with E-state index in [1.807, 2.05) is 12.1 Å². The maximum absolute atomic E-state index is 11.9. The van der Waals surface area contributed by atoms with Crippen LogP contribution in [0.1, 0.15) is 11.1 Å². The Morgan fingerprint density at radius 1 is 1.15 bits per heavy atom. The molecule has 2 aromatic rings. The van der Waals surface area contributed by atoms with E-state index >= 15 is 0 Å². The van der Waals surface area contributed by atoms with Crippen LogP contribution in [0.2, 0.25) is 10.0 Å². The number of halogens is 2. The number of nitrogens with zero attached hydrogens (tertiary/aromatic N) is 1. The number of nitrogens with one attached hydrogen (secondary N) is 2. The lowest BCUT2D eigenvalue weighted by Gasteiger charge is -2.07. The molecule has 0 aliphatic carbocycles. The van der Waals surface area contributed by atoms with Crippen molar-refractivity contribution < 1.29 is 13.2 Å². The van der Waals surface area contributed by atoms with Crippen LogP contribution >= 0.6 is 34.7 Å². The van der Waals surface area contributed by atoms with E-state index in [1.165, 1.54) is 5.55 Å². The predicted molar refractivity (Wildman–Crippen MR) is 109 cm³/mol. The fraction of sp³-hybridized carbons (Fsp3) is 0.250. The standard InChI is InChI=1S/C16H19Cl2N3O3S2/c17-15-4-3-13(8-16(15)18)11-21-26(22,23)7-6-24-12-25-20-10-14-2-1-5-19-9-14/h1-5,8-9,12,20-21,25H,6-7,10-11H2. The number of hydrogen-bond donors (Lipinski definition) is 3. The zero-order valence-corrected chi connectivity index (χ0v) is 17.0. The van der Waals surface area contributed by atoms with Crippen molar-refractivity contribution in [3.05, 3.63) is 63.9 Å². The third kappa shape index (κ3) is 8.13. The minimum Gasteiger partial charge on any atom is -0.346 e. The Morgan fingerprint density at radius 3 is 2.73 bits per heavy atom. The highest BCUT2D eigenvalue weighted by atomic mass is 35.5. The topological polar surface area (TPSA) is 80.3 Å². The van der Waals surface area contributed by atoms with Crippen LogP contribution in [0.5, 0.6) is 0 Å². The van der Waals surface area contributed by atoms with E-state index in [2.05, 4.69) is 14.4 Å². The molecule has 0 aliphatic rings. The molecule has 1 heterocycles. The molecule has 0 amide bonds. The van der Waals surface area contributed by atoms with Crippen molar-refractivity contribution in [1.82, 2.24) is 14.4 Å². The lowest BCUT2D eigenvalue weighted by molar-refractivity contribution is 0.351. The molecule has 6 nitrogen and oxygen atoms in total. The summed E-state index contributed by atoms with van der Waals surface area (Å²) < 4.78 is 34.7. The first-order valence-corrected chi connectivity index (χ1v) is 11.0.